The molecule has 0 N–H and O–H groups in total. The molecular formula is C21H21N5OS2. The van der Waals surface area contributed by atoms with Crippen LogP contribution in [0.15, 0.2) is 59.1 Å². The van der Waals surface area contributed by atoms with Crippen molar-refractivity contribution in [1.29, 1.82) is 0 Å². The standard InChI is InChI=1S/C21H21N5OS2/c1-15-11-19(16(2)25(15)13-18-9-6-10-28-18)20(27)14-29-21-22-23-24-26(21)12-17-7-4-3-5-8-17/h3-11H,12-14H2,1-2H3. The predicted molar refractivity (Wildman–Crippen MR) is 116 cm³/mol. The second kappa shape index (κ2) is 8.75. The summed E-state index contributed by atoms with van der Waals surface area (Å²) in [5, 5.41) is 14.6. The maximum atomic E-state index is 12.9. The molecule has 0 bridgehead atoms. The third-order valence-electron chi connectivity index (χ3n) is 4.77. The second-order valence-corrected chi connectivity index (χ2v) is 8.74. The van der Waals surface area contributed by atoms with Gasteiger partial charge in [-0.2, -0.15) is 0 Å². The Labute approximate surface area is 177 Å². The van der Waals surface area contributed by atoms with Crippen LogP contribution in [0.2, 0.25) is 0 Å². The number of tetrazole rings is 1. The SMILES string of the molecule is Cc1cc(C(=O)CSc2nnnn2Cc2ccccc2)c(C)n1Cc1cccs1. The topological polar surface area (TPSA) is 65.6 Å². The predicted octanol–water partition coefficient (Wildman–Crippen LogP) is 4.22. The van der Waals surface area contributed by atoms with Crippen LogP contribution >= 0.6 is 23.1 Å². The minimum atomic E-state index is 0.0924. The molecule has 0 aliphatic carbocycles. The smallest absolute Gasteiger partial charge is 0.210 e. The summed E-state index contributed by atoms with van der Waals surface area (Å²) in [6.07, 6.45) is 0. The Balaban J connectivity index is 1.44. The van der Waals surface area contributed by atoms with E-state index in [1.165, 1.54) is 16.6 Å². The van der Waals surface area contributed by atoms with Gasteiger partial charge in [-0.25, -0.2) is 4.68 Å². The summed E-state index contributed by atoms with van der Waals surface area (Å²) >= 11 is 3.10. The van der Waals surface area contributed by atoms with Crippen molar-refractivity contribution in [3.63, 3.8) is 0 Å². The average Bonchev–Trinajstić information content (AvgIpc) is 3.45. The van der Waals surface area contributed by atoms with Crippen LogP contribution in [0.3, 0.4) is 0 Å². The minimum Gasteiger partial charge on any atom is -0.343 e. The van der Waals surface area contributed by atoms with E-state index in [2.05, 4.69) is 37.6 Å². The number of carbonyl (C=O) groups excluding carboxylic acids is 1. The monoisotopic (exact) mass is 423 g/mol. The van der Waals surface area contributed by atoms with Gasteiger partial charge in [0, 0.05) is 21.8 Å². The fourth-order valence-electron chi connectivity index (χ4n) is 3.25. The average molecular weight is 424 g/mol. The zero-order valence-electron chi connectivity index (χ0n) is 16.3. The number of aromatic nitrogens is 5. The highest BCUT2D eigenvalue weighted by Gasteiger charge is 2.18. The van der Waals surface area contributed by atoms with Crippen LogP contribution in [0.5, 0.6) is 0 Å². The lowest BCUT2D eigenvalue weighted by atomic mass is 10.2. The number of nitrogens with zero attached hydrogens (tertiary/aromatic N) is 5. The van der Waals surface area contributed by atoms with Crippen molar-refractivity contribution in [3.05, 3.63) is 81.3 Å². The van der Waals surface area contributed by atoms with E-state index in [0.717, 1.165) is 29.1 Å². The molecule has 0 saturated heterocycles. The molecule has 0 aliphatic heterocycles. The van der Waals surface area contributed by atoms with Gasteiger partial charge >= 0.3 is 0 Å². The first-order valence-electron chi connectivity index (χ1n) is 9.27. The number of ketones is 1. The van der Waals surface area contributed by atoms with E-state index in [4.69, 9.17) is 0 Å². The van der Waals surface area contributed by atoms with Crippen LogP contribution < -0.4 is 0 Å². The van der Waals surface area contributed by atoms with Gasteiger partial charge in [0.1, 0.15) is 0 Å². The molecule has 4 aromatic rings. The van der Waals surface area contributed by atoms with Crippen molar-refractivity contribution in [3.8, 4) is 0 Å². The Morgan fingerprint density at radius 2 is 1.93 bits per heavy atom. The molecule has 0 spiro atoms. The van der Waals surface area contributed by atoms with Crippen LogP contribution in [0.25, 0.3) is 0 Å². The number of rotatable bonds is 8. The van der Waals surface area contributed by atoms with Gasteiger partial charge in [0.05, 0.1) is 18.8 Å². The highest BCUT2D eigenvalue weighted by atomic mass is 32.2. The van der Waals surface area contributed by atoms with Crippen LogP contribution in [0.1, 0.15) is 32.2 Å². The van der Waals surface area contributed by atoms with Crippen LogP contribution in [0, 0.1) is 13.8 Å². The number of hydrogen-bond acceptors (Lipinski definition) is 6. The van der Waals surface area contributed by atoms with E-state index in [9.17, 15) is 4.79 Å². The molecule has 0 fully saturated rings. The number of Topliss-reactive ketones (excluding diaryl/α,β-unsaturated/α-hetero) is 1. The Kier molecular flexibility index (Phi) is 5.92. The summed E-state index contributed by atoms with van der Waals surface area (Å²) in [5.41, 5.74) is 3.99. The van der Waals surface area contributed by atoms with Gasteiger partial charge in [-0.3, -0.25) is 4.79 Å². The summed E-state index contributed by atoms with van der Waals surface area (Å²) in [4.78, 5) is 14.2. The van der Waals surface area contributed by atoms with Gasteiger partial charge in [-0.15, -0.1) is 16.4 Å². The lowest BCUT2D eigenvalue weighted by Crippen LogP contribution is -2.08. The quantitative estimate of drug-likeness (QED) is 0.313. The van der Waals surface area contributed by atoms with Crippen molar-refractivity contribution >= 4 is 28.9 Å². The molecule has 29 heavy (non-hydrogen) atoms. The number of hydrogen-bond donors (Lipinski definition) is 0. The van der Waals surface area contributed by atoms with Gasteiger partial charge in [0.25, 0.3) is 0 Å². The van der Waals surface area contributed by atoms with Gasteiger partial charge in [0.15, 0.2) is 5.78 Å². The van der Waals surface area contributed by atoms with E-state index in [-0.39, 0.29) is 5.78 Å². The first-order valence-corrected chi connectivity index (χ1v) is 11.1. The first kappa shape index (κ1) is 19.6. The van der Waals surface area contributed by atoms with Crippen LogP contribution in [-0.2, 0) is 13.1 Å². The highest BCUT2D eigenvalue weighted by molar-refractivity contribution is 7.99. The highest BCUT2D eigenvalue weighted by Crippen LogP contribution is 2.22. The lowest BCUT2D eigenvalue weighted by molar-refractivity contribution is 0.102. The fourth-order valence-corrected chi connectivity index (χ4v) is 4.70. The lowest BCUT2D eigenvalue weighted by Gasteiger charge is -2.08. The molecular weight excluding hydrogens is 402 g/mol. The van der Waals surface area contributed by atoms with E-state index < -0.39 is 0 Å². The van der Waals surface area contributed by atoms with Gasteiger partial charge in [-0.1, -0.05) is 48.2 Å². The molecule has 8 heteroatoms. The molecule has 0 unspecified atom stereocenters. The molecule has 0 radical (unpaired) electrons. The summed E-state index contributed by atoms with van der Waals surface area (Å²) in [6.45, 7) is 5.44. The van der Waals surface area contributed by atoms with Crippen molar-refractivity contribution < 1.29 is 4.79 Å². The molecule has 0 atom stereocenters. The third kappa shape index (κ3) is 4.49. The van der Waals surface area contributed by atoms with Crippen molar-refractivity contribution in [2.24, 2.45) is 0 Å². The number of thioether (sulfide) groups is 1. The molecule has 0 aliphatic rings. The summed E-state index contributed by atoms with van der Waals surface area (Å²) < 4.78 is 3.93. The molecule has 0 saturated carbocycles. The Morgan fingerprint density at radius 3 is 2.69 bits per heavy atom. The molecule has 6 nitrogen and oxygen atoms in total. The third-order valence-corrected chi connectivity index (χ3v) is 6.59. The van der Waals surface area contributed by atoms with Gasteiger partial charge in [0.2, 0.25) is 5.16 Å². The zero-order valence-corrected chi connectivity index (χ0v) is 17.9. The Morgan fingerprint density at radius 1 is 1.10 bits per heavy atom. The van der Waals surface area contributed by atoms with Crippen molar-refractivity contribution in [2.45, 2.75) is 32.1 Å². The minimum absolute atomic E-state index is 0.0924. The van der Waals surface area contributed by atoms with Crippen LogP contribution in [0.4, 0.5) is 0 Å². The fraction of sp³-hybridized carbons (Fsp3) is 0.238. The van der Waals surface area contributed by atoms with Gasteiger partial charge < -0.3 is 4.57 Å². The van der Waals surface area contributed by atoms with E-state index in [1.807, 2.05) is 50.2 Å². The number of thiophene rings is 1. The number of carbonyl (C=O) groups is 1. The largest absolute Gasteiger partial charge is 0.343 e. The van der Waals surface area contributed by atoms with E-state index in [1.54, 1.807) is 16.0 Å². The normalized spacial score (nSPS) is 11.1. The number of benzene rings is 1. The molecule has 148 valence electrons. The van der Waals surface area contributed by atoms with E-state index >= 15 is 0 Å². The Hall–Kier alpha value is -2.71. The molecule has 3 aromatic heterocycles. The summed E-state index contributed by atoms with van der Waals surface area (Å²) in [6, 6.07) is 16.2. The van der Waals surface area contributed by atoms with Crippen molar-refractivity contribution in [2.75, 3.05) is 5.75 Å². The summed E-state index contributed by atoms with van der Waals surface area (Å²) in [5.74, 6) is 0.396. The Bertz CT molecular complexity index is 1100. The maximum absolute atomic E-state index is 12.9. The second-order valence-electron chi connectivity index (χ2n) is 6.77. The molecule has 4 rings (SSSR count). The van der Waals surface area contributed by atoms with E-state index in [0.29, 0.717) is 17.5 Å². The first-order chi connectivity index (χ1) is 14.1. The van der Waals surface area contributed by atoms with Crippen LogP contribution in [-0.4, -0.2) is 36.3 Å². The summed E-state index contributed by atoms with van der Waals surface area (Å²) in [7, 11) is 0. The zero-order chi connectivity index (χ0) is 20.2. The molecule has 3 heterocycles. The van der Waals surface area contributed by atoms with Crippen molar-refractivity contribution in [1.82, 2.24) is 24.8 Å². The maximum Gasteiger partial charge on any atom is 0.210 e. The number of aryl methyl sites for hydroxylation is 1. The van der Waals surface area contributed by atoms with Gasteiger partial charge in [-0.05, 0) is 47.4 Å². The molecule has 0 amide bonds. The molecule has 1 aromatic carbocycles.